The van der Waals surface area contributed by atoms with Crippen molar-refractivity contribution in [3.8, 4) is 17.2 Å². The molecule has 0 bridgehead atoms. The summed E-state index contributed by atoms with van der Waals surface area (Å²) in [7, 11) is 4.92. The van der Waals surface area contributed by atoms with Crippen molar-refractivity contribution in [1.29, 1.82) is 0 Å². The highest BCUT2D eigenvalue weighted by Crippen LogP contribution is 2.24. The topological polar surface area (TPSA) is 48.0 Å². The summed E-state index contributed by atoms with van der Waals surface area (Å²) in [5, 5.41) is 0.659. The second-order valence-electron chi connectivity index (χ2n) is 5.47. The third-order valence-corrected chi connectivity index (χ3v) is 4.02. The van der Waals surface area contributed by atoms with Crippen LogP contribution >= 0.6 is 11.6 Å². The Labute approximate surface area is 153 Å². The monoisotopic (exact) mass is 363 g/mol. The number of nitrogens with zero attached hydrogens (tertiary/aromatic N) is 1. The molecule has 0 aromatic heterocycles. The molecule has 0 atom stereocenters. The lowest BCUT2D eigenvalue weighted by molar-refractivity contribution is -0.129. The Hall–Kier alpha value is -2.40. The number of rotatable bonds is 8. The van der Waals surface area contributed by atoms with Gasteiger partial charge < -0.3 is 19.1 Å². The molecule has 1 amide bonds. The number of hydrogen-bond acceptors (Lipinski definition) is 4. The van der Waals surface area contributed by atoms with Crippen molar-refractivity contribution in [2.45, 2.75) is 6.42 Å². The number of halogens is 1. The van der Waals surface area contributed by atoms with Gasteiger partial charge in [0.1, 0.15) is 23.9 Å². The van der Waals surface area contributed by atoms with Gasteiger partial charge in [0.25, 0.3) is 0 Å². The van der Waals surface area contributed by atoms with Crippen LogP contribution in [0.3, 0.4) is 0 Å². The van der Waals surface area contributed by atoms with Gasteiger partial charge in [-0.1, -0.05) is 11.6 Å². The van der Waals surface area contributed by atoms with Crippen molar-refractivity contribution in [2.24, 2.45) is 0 Å². The van der Waals surface area contributed by atoms with Gasteiger partial charge in [-0.2, -0.15) is 0 Å². The summed E-state index contributed by atoms with van der Waals surface area (Å²) < 4.78 is 16.1. The van der Waals surface area contributed by atoms with Gasteiger partial charge in [0, 0.05) is 17.6 Å². The molecule has 0 aliphatic heterocycles. The number of methoxy groups -OCH3 is 2. The minimum Gasteiger partial charge on any atom is -0.497 e. The van der Waals surface area contributed by atoms with Crippen molar-refractivity contribution in [3.63, 3.8) is 0 Å². The second kappa shape index (κ2) is 9.18. The molecule has 2 aromatic carbocycles. The Bertz CT molecular complexity index is 703. The molecular formula is C19H22ClNO4. The Balaban J connectivity index is 1.88. The first-order valence-corrected chi connectivity index (χ1v) is 8.24. The molecule has 2 aromatic rings. The van der Waals surface area contributed by atoms with Crippen LogP contribution < -0.4 is 14.2 Å². The zero-order valence-corrected chi connectivity index (χ0v) is 15.4. The Morgan fingerprint density at radius 1 is 1.04 bits per heavy atom. The molecule has 2 rings (SSSR count). The van der Waals surface area contributed by atoms with E-state index in [1.807, 2.05) is 6.07 Å². The van der Waals surface area contributed by atoms with Gasteiger partial charge in [-0.15, -0.1) is 0 Å². The van der Waals surface area contributed by atoms with Gasteiger partial charge in [-0.05, 0) is 42.5 Å². The smallest absolute Gasteiger partial charge is 0.226 e. The number of carbonyl (C=O) groups is 1. The fourth-order valence-corrected chi connectivity index (χ4v) is 2.40. The zero-order chi connectivity index (χ0) is 18.2. The molecule has 25 heavy (non-hydrogen) atoms. The molecule has 0 N–H and O–H groups in total. The van der Waals surface area contributed by atoms with Crippen LogP contribution in [0.2, 0.25) is 5.02 Å². The van der Waals surface area contributed by atoms with E-state index in [1.54, 1.807) is 62.6 Å². The van der Waals surface area contributed by atoms with Gasteiger partial charge in [0.05, 0.1) is 27.2 Å². The summed E-state index contributed by atoms with van der Waals surface area (Å²) in [4.78, 5) is 14.1. The lowest BCUT2D eigenvalue weighted by Gasteiger charge is -2.18. The summed E-state index contributed by atoms with van der Waals surface area (Å²) in [6.07, 6.45) is 0.234. The largest absolute Gasteiger partial charge is 0.497 e. The predicted molar refractivity (Wildman–Crippen MR) is 97.8 cm³/mol. The average molecular weight is 364 g/mol. The van der Waals surface area contributed by atoms with Crippen LogP contribution in [0.4, 0.5) is 0 Å². The minimum absolute atomic E-state index is 0.0220. The van der Waals surface area contributed by atoms with Crippen LogP contribution in [0.5, 0.6) is 17.2 Å². The third kappa shape index (κ3) is 5.57. The van der Waals surface area contributed by atoms with Crippen molar-refractivity contribution in [1.82, 2.24) is 4.90 Å². The predicted octanol–water partition coefficient (Wildman–Crippen LogP) is 3.44. The van der Waals surface area contributed by atoms with E-state index in [-0.39, 0.29) is 12.3 Å². The molecular weight excluding hydrogens is 342 g/mol. The lowest BCUT2D eigenvalue weighted by Crippen LogP contribution is -2.32. The number of amides is 1. The van der Waals surface area contributed by atoms with Gasteiger partial charge in [-0.25, -0.2) is 0 Å². The fourth-order valence-electron chi connectivity index (χ4n) is 2.27. The van der Waals surface area contributed by atoms with Crippen molar-refractivity contribution >= 4 is 17.5 Å². The van der Waals surface area contributed by atoms with E-state index in [4.69, 9.17) is 25.8 Å². The van der Waals surface area contributed by atoms with E-state index >= 15 is 0 Å². The molecule has 6 heteroatoms. The summed E-state index contributed by atoms with van der Waals surface area (Å²) in [5.74, 6) is 2.06. The summed E-state index contributed by atoms with van der Waals surface area (Å²) in [6, 6.07) is 12.5. The number of carbonyl (C=O) groups excluding carboxylic acids is 1. The molecule has 0 aliphatic rings. The molecule has 0 aliphatic carbocycles. The van der Waals surface area contributed by atoms with Crippen molar-refractivity contribution < 1.29 is 19.0 Å². The molecule has 0 spiro atoms. The zero-order valence-electron chi connectivity index (χ0n) is 14.6. The maximum atomic E-state index is 12.4. The number of ether oxygens (including phenoxy) is 3. The average Bonchev–Trinajstić information content (AvgIpc) is 2.63. The van der Waals surface area contributed by atoms with Crippen LogP contribution in [0, 0.1) is 0 Å². The van der Waals surface area contributed by atoms with Gasteiger partial charge in [0.2, 0.25) is 5.91 Å². The Morgan fingerprint density at radius 2 is 1.72 bits per heavy atom. The van der Waals surface area contributed by atoms with E-state index in [0.29, 0.717) is 29.7 Å². The minimum atomic E-state index is -0.0220. The Kier molecular flexibility index (Phi) is 6.95. The third-order valence-electron chi connectivity index (χ3n) is 3.76. The quantitative estimate of drug-likeness (QED) is 0.721. The van der Waals surface area contributed by atoms with Gasteiger partial charge >= 0.3 is 0 Å². The molecule has 0 saturated carbocycles. The number of benzene rings is 2. The molecule has 0 radical (unpaired) electrons. The fraction of sp³-hybridized carbons (Fsp3) is 0.316. The SMILES string of the molecule is COc1ccc(OC)c(CC(=O)N(C)CCOc2ccc(Cl)cc2)c1. The molecule has 0 unspecified atom stereocenters. The molecule has 5 nitrogen and oxygen atoms in total. The molecule has 0 heterocycles. The molecule has 134 valence electrons. The first-order valence-electron chi connectivity index (χ1n) is 7.86. The van der Waals surface area contributed by atoms with E-state index < -0.39 is 0 Å². The molecule has 0 fully saturated rings. The first-order chi connectivity index (χ1) is 12.0. The Morgan fingerprint density at radius 3 is 2.36 bits per heavy atom. The maximum absolute atomic E-state index is 12.4. The highest BCUT2D eigenvalue weighted by Gasteiger charge is 2.14. The summed E-state index contributed by atoms with van der Waals surface area (Å²) in [6.45, 7) is 0.882. The lowest BCUT2D eigenvalue weighted by atomic mass is 10.1. The van der Waals surface area contributed by atoms with Crippen molar-refractivity contribution in [2.75, 3.05) is 34.4 Å². The van der Waals surface area contributed by atoms with Crippen LogP contribution in [0.25, 0.3) is 0 Å². The van der Waals surface area contributed by atoms with Crippen LogP contribution in [-0.2, 0) is 11.2 Å². The number of likely N-dealkylation sites (N-methyl/N-ethyl adjacent to an activating group) is 1. The second-order valence-corrected chi connectivity index (χ2v) is 5.91. The van der Waals surface area contributed by atoms with E-state index in [0.717, 1.165) is 11.3 Å². The first kappa shape index (κ1) is 18.9. The molecule has 0 saturated heterocycles. The van der Waals surface area contributed by atoms with E-state index in [1.165, 1.54) is 0 Å². The number of hydrogen-bond donors (Lipinski definition) is 0. The van der Waals surface area contributed by atoms with Gasteiger partial charge in [-0.3, -0.25) is 4.79 Å². The van der Waals surface area contributed by atoms with Crippen molar-refractivity contribution in [3.05, 3.63) is 53.1 Å². The van der Waals surface area contributed by atoms with Crippen LogP contribution in [0.1, 0.15) is 5.56 Å². The standard InChI is InChI=1S/C19H22ClNO4/c1-21(10-11-25-16-6-4-15(20)5-7-16)19(22)13-14-12-17(23-2)8-9-18(14)24-3/h4-9,12H,10-11,13H2,1-3H3. The van der Waals surface area contributed by atoms with Gasteiger partial charge in [0.15, 0.2) is 0 Å². The van der Waals surface area contributed by atoms with E-state index in [9.17, 15) is 4.79 Å². The normalized spacial score (nSPS) is 10.2. The summed E-state index contributed by atoms with van der Waals surface area (Å²) >= 11 is 5.83. The van der Waals surface area contributed by atoms with Crippen LogP contribution in [-0.4, -0.2) is 45.2 Å². The van der Waals surface area contributed by atoms with E-state index in [2.05, 4.69) is 0 Å². The highest BCUT2D eigenvalue weighted by molar-refractivity contribution is 6.30. The van der Waals surface area contributed by atoms with Crippen LogP contribution in [0.15, 0.2) is 42.5 Å². The summed E-state index contributed by atoms with van der Waals surface area (Å²) in [5.41, 5.74) is 0.789. The maximum Gasteiger partial charge on any atom is 0.226 e. The highest BCUT2D eigenvalue weighted by atomic mass is 35.5.